The minimum atomic E-state index is 1.18. The second-order valence-electron chi connectivity index (χ2n) is 3.13. The first-order chi connectivity index (χ1) is 6.79. The zero-order chi connectivity index (χ0) is 11.0. The average Bonchev–Trinajstić information content (AvgIpc) is 2.76. The Labute approximate surface area is 87.3 Å². The van der Waals surface area contributed by atoms with E-state index in [-0.39, 0.29) is 0 Å². The topological polar surface area (TPSA) is 40.7 Å². The first-order valence-corrected chi connectivity index (χ1v) is 5.40. The number of hydrogen-bond acceptors (Lipinski definition) is 2. The third-order valence-electron chi connectivity index (χ3n) is 2.00. The van der Waals surface area contributed by atoms with E-state index in [1.807, 2.05) is 27.9 Å². The lowest BCUT2D eigenvalue weighted by Gasteiger charge is -1.86. The summed E-state index contributed by atoms with van der Waals surface area (Å²) in [6, 6.07) is 0. The van der Waals surface area contributed by atoms with Crippen LogP contribution in [-0.2, 0) is 12.8 Å². The van der Waals surface area contributed by atoms with E-state index in [0.717, 1.165) is 0 Å². The van der Waals surface area contributed by atoms with E-state index in [2.05, 4.69) is 22.4 Å². The third kappa shape index (κ3) is 3.50. The standard InChI is InChI=1S/C7H10N2.C2H7N.C2H6/c1-5-6-3-2-4-7(6)9-8-5;1-3-2;1-2/h2-4H2,1H3,(H,8,9);3H,1-2H3;1-2H3. The Morgan fingerprint density at radius 3 is 2.29 bits per heavy atom. The summed E-state index contributed by atoms with van der Waals surface area (Å²) in [7, 11) is 3.75. The van der Waals surface area contributed by atoms with E-state index in [1.165, 1.54) is 36.2 Å². The molecule has 3 heteroatoms. The highest BCUT2D eigenvalue weighted by atomic mass is 15.1. The SMILES string of the molecule is CC.CNC.Cc1[nH]nc2c1CCC2. The predicted octanol–water partition coefficient (Wildman–Crippen LogP) is 2.07. The zero-order valence-electron chi connectivity index (χ0n) is 10.1. The Bertz CT molecular complexity index is 241. The summed E-state index contributed by atoms with van der Waals surface area (Å²) in [4.78, 5) is 0. The van der Waals surface area contributed by atoms with Crippen LogP contribution in [0.15, 0.2) is 0 Å². The predicted molar refractivity (Wildman–Crippen MR) is 61.7 cm³/mol. The van der Waals surface area contributed by atoms with Gasteiger partial charge in [-0.1, -0.05) is 13.8 Å². The zero-order valence-corrected chi connectivity index (χ0v) is 10.1. The van der Waals surface area contributed by atoms with Crippen molar-refractivity contribution in [3.8, 4) is 0 Å². The van der Waals surface area contributed by atoms with Crippen molar-refractivity contribution in [2.45, 2.75) is 40.0 Å². The largest absolute Gasteiger partial charge is 0.323 e. The van der Waals surface area contributed by atoms with Crippen LogP contribution in [0, 0.1) is 6.92 Å². The molecule has 0 bridgehead atoms. The van der Waals surface area contributed by atoms with E-state index >= 15 is 0 Å². The van der Waals surface area contributed by atoms with Gasteiger partial charge in [-0.3, -0.25) is 5.10 Å². The van der Waals surface area contributed by atoms with Gasteiger partial charge >= 0.3 is 0 Å². The molecule has 2 N–H and O–H groups in total. The van der Waals surface area contributed by atoms with Gasteiger partial charge in [-0.15, -0.1) is 0 Å². The molecule has 1 aliphatic rings. The van der Waals surface area contributed by atoms with Gasteiger partial charge in [0.2, 0.25) is 0 Å². The van der Waals surface area contributed by atoms with Crippen molar-refractivity contribution >= 4 is 0 Å². The van der Waals surface area contributed by atoms with E-state index < -0.39 is 0 Å². The van der Waals surface area contributed by atoms with E-state index in [0.29, 0.717) is 0 Å². The van der Waals surface area contributed by atoms with Gasteiger partial charge in [-0.25, -0.2) is 0 Å². The molecule has 1 aliphatic carbocycles. The Balaban J connectivity index is 0.000000294. The molecular formula is C11H23N3. The maximum atomic E-state index is 4.17. The number of aryl methyl sites for hydroxylation is 2. The molecule has 0 spiro atoms. The van der Waals surface area contributed by atoms with Crippen LogP contribution in [0.3, 0.4) is 0 Å². The van der Waals surface area contributed by atoms with Crippen LogP contribution in [0.2, 0.25) is 0 Å². The van der Waals surface area contributed by atoms with Gasteiger partial charge in [0.25, 0.3) is 0 Å². The summed E-state index contributed by atoms with van der Waals surface area (Å²) in [6.07, 6.45) is 3.71. The van der Waals surface area contributed by atoms with Crippen LogP contribution in [0.25, 0.3) is 0 Å². The molecule has 0 aromatic carbocycles. The Hall–Kier alpha value is -0.830. The molecule has 1 heterocycles. The number of H-pyrrole nitrogens is 1. The molecule has 0 atom stereocenters. The Morgan fingerprint density at radius 1 is 1.21 bits per heavy atom. The number of aromatic nitrogens is 2. The fourth-order valence-electron chi connectivity index (χ4n) is 1.47. The highest BCUT2D eigenvalue weighted by Crippen LogP contribution is 2.21. The molecule has 0 aliphatic heterocycles. The Morgan fingerprint density at radius 2 is 1.79 bits per heavy atom. The highest BCUT2D eigenvalue weighted by molar-refractivity contribution is 5.28. The van der Waals surface area contributed by atoms with Gasteiger partial charge in [-0.2, -0.15) is 5.10 Å². The van der Waals surface area contributed by atoms with Crippen molar-refractivity contribution in [3.63, 3.8) is 0 Å². The van der Waals surface area contributed by atoms with Crippen LogP contribution < -0.4 is 5.32 Å². The summed E-state index contributed by atoms with van der Waals surface area (Å²) in [5, 5.41) is 9.91. The van der Waals surface area contributed by atoms with Gasteiger partial charge < -0.3 is 5.32 Å². The van der Waals surface area contributed by atoms with Crippen LogP contribution in [0.5, 0.6) is 0 Å². The smallest absolute Gasteiger partial charge is 0.0656 e. The fourth-order valence-corrected chi connectivity index (χ4v) is 1.47. The van der Waals surface area contributed by atoms with Crippen molar-refractivity contribution in [2.75, 3.05) is 14.1 Å². The van der Waals surface area contributed by atoms with Crippen LogP contribution in [0.4, 0.5) is 0 Å². The van der Waals surface area contributed by atoms with Crippen molar-refractivity contribution in [1.82, 2.24) is 15.5 Å². The number of nitrogens with zero attached hydrogens (tertiary/aromatic N) is 1. The quantitative estimate of drug-likeness (QED) is 0.668. The molecule has 0 fully saturated rings. The van der Waals surface area contributed by atoms with Gasteiger partial charge in [0.15, 0.2) is 0 Å². The van der Waals surface area contributed by atoms with Gasteiger partial charge in [0.05, 0.1) is 5.69 Å². The molecule has 3 nitrogen and oxygen atoms in total. The van der Waals surface area contributed by atoms with Gasteiger partial charge in [0.1, 0.15) is 0 Å². The summed E-state index contributed by atoms with van der Waals surface area (Å²) in [5.41, 5.74) is 4.03. The minimum Gasteiger partial charge on any atom is -0.323 e. The molecular weight excluding hydrogens is 174 g/mol. The molecule has 0 amide bonds. The molecule has 0 saturated carbocycles. The summed E-state index contributed by atoms with van der Waals surface area (Å²) in [6.45, 7) is 6.09. The highest BCUT2D eigenvalue weighted by Gasteiger charge is 2.14. The maximum absolute atomic E-state index is 4.17. The Kier molecular flexibility index (Phi) is 7.11. The number of aromatic amines is 1. The number of fused-ring (bicyclic) bond motifs is 1. The first-order valence-electron chi connectivity index (χ1n) is 5.40. The summed E-state index contributed by atoms with van der Waals surface area (Å²) >= 11 is 0. The van der Waals surface area contributed by atoms with Crippen molar-refractivity contribution in [1.29, 1.82) is 0 Å². The van der Waals surface area contributed by atoms with Crippen LogP contribution >= 0.6 is 0 Å². The lowest BCUT2D eigenvalue weighted by Crippen LogP contribution is -1.89. The second kappa shape index (κ2) is 7.56. The summed E-state index contributed by atoms with van der Waals surface area (Å²) in [5.74, 6) is 0. The van der Waals surface area contributed by atoms with Crippen molar-refractivity contribution < 1.29 is 0 Å². The van der Waals surface area contributed by atoms with E-state index in [4.69, 9.17) is 0 Å². The molecule has 82 valence electrons. The van der Waals surface area contributed by atoms with Crippen molar-refractivity contribution in [2.24, 2.45) is 0 Å². The number of hydrogen-bond donors (Lipinski definition) is 2. The minimum absolute atomic E-state index is 1.18. The third-order valence-corrected chi connectivity index (χ3v) is 2.00. The van der Waals surface area contributed by atoms with E-state index in [1.54, 1.807) is 0 Å². The number of rotatable bonds is 0. The van der Waals surface area contributed by atoms with E-state index in [9.17, 15) is 0 Å². The lowest BCUT2D eigenvalue weighted by molar-refractivity contribution is 0.854. The molecule has 1 aromatic rings. The monoisotopic (exact) mass is 197 g/mol. The normalized spacial score (nSPS) is 12.1. The maximum Gasteiger partial charge on any atom is 0.0656 e. The van der Waals surface area contributed by atoms with Crippen LogP contribution in [0.1, 0.15) is 37.2 Å². The molecule has 0 saturated heterocycles. The van der Waals surface area contributed by atoms with Gasteiger partial charge in [0, 0.05) is 5.69 Å². The van der Waals surface area contributed by atoms with Crippen molar-refractivity contribution in [3.05, 3.63) is 17.0 Å². The second-order valence-corrected chi connectivity index (χ2v) is 3.13. The van der Waals surface area contributed by atoms with Crippen LogP contribution in [-0.4, -0.2) is 24.3 Å². The number of nitrogens with one attached hydrogen (secondary N) is 2. The molecule has 0 radical (unpaired) electrons. The molecule has 2 rings (SSSR count). The lowest BCUT2D eigenvalue weighted by atomic mass is 10.2. The molecule has 0 unspecified atom stereocenters. The fraction of sp³-hybridized carbons (Fsp3) is 0.727. The molecule has 1 aromatic heterocycles. The first kappa shape index (κ1) is 13.2. The molecule has 14 heavy (non-hydrogen) atoms. The summed E-state index contributed by atoms with van der Waals surface area (Å²) < 4.78 is 0. The average molecular weight is 197 g/mol. The van der Waals surface area contributed by atoms with Gasteiger partial charge in [-0.05, 0) is 45.8 Å².